The van der Waals surface area contributed by atoms with Gasteiger partial charge in [-0.05, 0) is 31.7 Å². The number of hydrogen-bond donors (Lipinski definition) is 3. The predicted molar refractivity (Wildman–Crippen MR) is 114 cm³/mol. The summed E-state index contributed by atoms with van der Waals surface area (Å²) >= 11 is 0. The number of hydrogen-bond acceptors (Lipinski definition) is 6. The minimum atomic E-state index is 0. The number of fused-ring (bicyclic) bond motifs is 1. The molecule has 0 saturated heterocycles. The van der Waals surface area contributed by atoms with Gasteiger partial charge in [0.15, 0.2) is 0 Å². The van der Waals surface area contributed by atoms with E-state index in [-0.39, 0.29) is 20.9 Å². The summed E-state index contributed by atoms with van der Waals surface area (Å²) in [7, 11) is 1.68. The van der Waals surface area contributed by atoms with Crippen molar-refractivity contribution in [3.05, 3.63) is 24.7 Å². The zero-order valence-corrected chi connectivity index (χ0v) is 16.0. The third kappa shape index (κ3) is 4.92. The second-order valence-electron chi connectivity index (χ2n) is 6.52. The van der Waals surface area contributed by atoms with Gasteiger partial charge in [0.05, 0.1) is 30.4 Å². The van der Waals surface area contributed by atoms with Crippen molar-refractivity contribution in [2.75, 3.05) is 24.4 Å². The Morgan fingerprint density at radius 2 is 2.19 bits per heavy atom. The molecule has 1 saturated carbocycles. The van der Waals surface area contributed by atoms with E-state index in [1.807, 2.05) is 23.1 Å². The molecule has 9 heteroatoms. The second kappa shape index (κ2) is 9.09. The summed E-state index contributed by atoms with van der Waals surface area (Å²) in [5.74, 6) is 2.16. The van der Waals surface area contributed by atoms with Crippen LogP contribution < -0.4 is 10.6 Å². The van der Waals surface area contributed by atoms with Crippen LogP contribution in [0.2, 0.25) is 0 Å². The first-order valence-corrected chi connectivity index (χ1v) is 8.63. The summed E-state index contributed by atoms with van der Waals surface area (Å²) in [6, 6.07) is 2.42. The van der Waals surface area contributed by atoms with Crippen LogP contribution >= 0.6 is 13.5 Å². The highest BCUT2D eigenvalue weighted by molar-refractivity contribution is 7.59. The maximum Gasteiger partial charge on any atom is 0.231 e. The van der Waals surface area contributed by atoms with Crippen molar-refractivity contribution in [3.8, 4) is 0 Å². The Labute approximate surface area is 166 Å². The molecule has 0 amide bonds. The maximum atomic E-state index is 5.07. The normalized spacial score (nSPS) is 14.3. The highest BCUT2D eigenvalue weighted by Crippen LogP contribution is 2.34. The van der Waals surface area contributed by atoms with Gasteiger partial charge in [-0.25, -0.2) is 0 Å². The van der Waals surface area contributed by atoms with Crippen molar-refractivity contribution >= 4 is 42.0 Å². The molecular weight excluding hydrogens is 362 g/mol. The van der Waals surface area contributed by atoms with Gasteiger partial charge < -0.3 is 20.4 Å². The van der Waals surface area contributed by atoms with E-state index in [1.54, 1.807) is 13.3 Å². The SMILES string of the molecule is C.COCCn1cc(Nc2nc(N[C@@H](C)C3CC3)c3cc[nH]c3n2)cn1.S. The monoisotopic (exact) mass is 391 g/mol. The van der Waals surface area contributed by atoms with E-state index >= 15 is 0 Å². The van der Waals surface area contributed by atoms with E-state index in [2.05, 4.69) is 37.6 Å². The van der Waals surface area contributed by atoms with E-state index in [9.17, 15) is 0 Å². The highest BCUT2D eigenvalue weighted by atomic mass is 32.1. The van der Waals surface area contributed by atoms with E-state index < -0.39 is 0 Å². The van der Waals surface area contributed by atoms with Gasteiger partial charge in [0.1, 0.15) is 11.5 Å². The molecule has 27 heavy (non-hydrogen) atoms. The van der Waals surface area contributed by atoms with E-state index in [0.717, 1.165) is 28.5 Å². The van der Waals surface area contributed by atoms with E-state index in [0.29, 0.717) is 25.1 Å². The van der Waals surface area contributed by atoms with Crippen LogP contribution in [0.1, 0.15) is 27.2 Å². The molecular formula is C18H29N7OS. The minimum absolute atomic E-state index is 0. The number of ether oxygens (including phenoxy) is 1. The molecule has 1 fully saturated rings. The van der Waals surface area contributed by atoms with Gasteiger partial charge in [0, 0.05) is 25.5 Å². The molecule has 0 spiro atoms. The van der Waals surface area contributed by atoms with Gasteiger partial charge in [-0.3, -0.25) is 4.68 Å². The molecule has 3 heterocycles. The van der Waals surface area contributed by atoms with Gasteiger partial charge in [-0.15, -0.1) is 0 Å². The molecule has 1 aliphatic rings. The lowest BCUT2D eigenvalue weighted by atomic mass is 10.2. The van der Waals surface area contributed by atoms with Crippen LogP contribution in [0.4, 0.5) is 17.5 Å². The number of nitrogens with zero attached hydrogens (tertiary/aromatic N) is 4. The van der Waals surface area contributed by atoms with Crippen molar-refractivity contribution in [2.24, 2.45) is 5.92 Å². The predicted octanol–water partition coefficient (Wildman–Crippen LogP) is 3.50. The first-order chi connectivity index (χ1) is 12.2. The summed E-state index contributed by atoms with van der Waals surface area (Å²) in [4.78, 5) is 12.4. The van der Waals surface area contributed by atoms with Crippen LogP contribution in [0.5, 0.6) is 0 Å². The molecule has 0 aliphatic heterocycles. The number of methoxy groups -OCH3 is 1. The molecule has 4 rings (SSSR count). The number of anilines is 3. The van der Waals surface area contributed by atoms with Crippen molar-refractivity contribution in [1.82, 2.24) is 24.7 Å². The number of H-pyrrole nitrogens is 1. The molecule has 0 radical (unpaired) electrons. The van der Waals surface area contributed by atoms with Crippen LogP contribution in [-0.4, -0.2) is 44.5 Å². The minimum Gasteiger partial charge on any atom is -0.383 e. The Bertz CT molecular complexity index is 858. The first kappa shape index (κ1) is 21.0. The molecule has 0 unspecified atom stereocenters. The topological polar surface area (TPSA) is 92.7 Å². The molecule has 148 valence electrons. The number of nitrogens with one attached hydrogen (secondary N) is 3. The number of aromatic amines is 1. The van der Waals surface area contributed by atoms with Gasteiger partial charge >= 0.3 is 0 Å². The summed E-state index contributed by atoms with van der Waals surface area (Å²) in [6.07, 6.45) is 8.15. The van der Waals surface area contributed by atoms with Crippen molar-refractivity contribution in [1.29, 1.82) is 0 Å². The molecule has 3 aromatic heterocycles. The summed E-state index contributed by atoms with van der Waals surface area (Å²) < 4.78 is 6.90. The Morgan fingerprint density at radius 3 is 2.93 bits per heavy atom. The van der Waals surface area contributed by atoms with E-state index in [4.69, 9.17) is 4.74 Å². The largest absolute Gasteiger partial charge is 0.383 e. The lowest BCUT2D eigenvalue weighted by Gasteiger charge is -2.15. The fraction of sp³-hybridized carbons (Fsp3) is 0.500. The standard InChI is InChI=1S/C17H23N7O.CH4.H2S/c1-11(12-3-4-12)20-16-14-5-6-18-15(14)22-17(23-16)21-13-9-19-24(10-13)7-8-25-2;;/h5-6,9-12H,3-4,7-8H2,1-2H3,(H3,18,20,21,22,23);1H4;1H2/t11-;;/m0../s1. The number of rotatable bonds is 8. The summed E-state index contributed by atoms with van der Waals surface area (Å²) in [5.41, 5.74) is 1.66. The molecule has 1 atom stereocenters. The van der Waals surface area contributed by atoms with Crippen molar-refractivity contribution in [2.45, 2.75) is 39.8 Å². The van der Waals surface area contributed by atoms with Gasteiger partial charge in [-0.1, -0.05) is 7.43 Å². The van der Waals surface area contributed by atoms with Crippen LogP contribution in [0, 0.1) is 5.92 Å². The molecule has 0 bridgehead atoms. The zero-order valence-electron chi connectivity index (χ0n) is 15.0. The molecule has 0 aromatic carbocycles. The molecule has 3 N–H and O–H groups in total. The third-order valence-corrected chi connectivity index (χ3v) is 4.52. The van der Waals surface area contributed by atoms with Gasteiger partial charge in [0.2, 0.25) is 5.95 Å². The average molecular weight is 392 g/mol. The fourth-order valence-corrected chi connectivity index (χ4v) is 2.90. The Morgan fingerprint density at radius 1 is 1.37 bits per heavy atom. The molecule has 1 aliphatic carbocycles. The summed E-state index contributed by atoms with van der Waals surface area (Å²) in [5, 5.41) is 12.1. The second-order valence-corrected chi connectivity index (χ2v) is 6.52. The summed E-state index contributed by atoms with van der Waals surface area (Å²) in [6.45, 7) is 3.55. The molecule has 8 nitrogen and oxygen atoms in total. The Balaban J connectivity index is 0.00000131. The number of aromatic nitrogens is 5. The van der Waals surface area contributed by atoms with Crippen molar-refractivity contribution < 1.29 is 4.74 Å². The quantitative estimate of drug-likeness (QED) is 0.544. The Kier molecular flexibility index (Phi) is 7.09. The highest BCUT2D eigenvalue weighted by Gasteiger charge is 2.28. The zero-order chi connectivity index (χ0) is 17.2. The fourth-order valence-electron chi connectivity index (χ4n) is 2.90. The lowest BCUT2D eigenvalue weighted by molar-refractivity contribution is 0.183. The van der Waals surface area contributed by atoms with Gasteiger partial charge in [-0.2, -0.15) is 28.6 Å². The van der Waals surface area contributed by atoms with Crippen LogP contribution in [0.25, 0.3) is 11.0 Å². The van der Waals surface area contributed by atoms with Crippen LogP contribution in [0.15, 0.2) is 24.7 Å². The lowest BCUT2D eigenvalue weighted by Crippen LogP contribution is -2.18. The van der Waals surface area contributed by atoms with Gasteiger partial charge in [0.25, 0.3) is 0 Å². The van der Waals surface area contributed by atoms with E-state index in [1.165, 1.54) is 12.8 Å². The Hall–Kier alpha value is -2.26. The van der Waals surface area contributed by atoms with Crippen LogP contribution in [-0.2, 0) is 11.3 Å². The first-order valence-electron chi connectivity index (χ1n) is 8.63. The average Bonchev–Trinajstić information content (AvgIpc) is 3.19. The van der Waals surface area contributed by atoms with Crippen molar-refractivity contribution in [3.63, 3.8) is 0 Å². The smallest absolute Gasteiger partial charge is 0.231 e. The van der Waals surface area contributed by atoms with Crippen LogP contribution in [0.3, 0.4) is 0 Å². The molecule has 3 aromatic rings. The maximum absolute atomic E-state index is 5.07. The third-order valence-electron chi connectivity index (χ3n) is 4.52.